The number of aryl methyl sites for hydroxylation is 1. The summed E-state index contributed by atoms with van der Waals surface area (Å²) in [6, 6.07) is 2.82. The maximum absolute atomic E-state index is 4.62. The van der Waals surface area contributed by atoms with E-state index >= 15 is 0 Å². The molecule has 0 bridgehead atoms. The van der Waals surface area contributed by atoms with Gasteiger partial charge in [0.15, 0.2) is 0 Å². The van der Waals surface area contributed by atoms with Crippen molar-refractivity contribution in [1.82, 2.24) is 14.9 Å². The Balaban J connectivity index is 1.82. The Morgan fingerprint density at radius 2 is 2.05 bits per heavy atom. The molecule has 0 amide bonds. The first-order valence-electron chi connectivity index (χ1n) is 7.28. The molecule has 5 heteroatoms. The molecule has 2 saturated heterocycles. The van der Waals surface area contributed by atoms with Crippen LogP contribution in [0, 0.1) is 6.92 Å². The third-order valence-corrected chi connectivity index (χ3v) is 4.19. The summed E-state index contributed by atoms with van der Waals surface area (Å²) in [6.07, 6.45) is 3.91. The number of hydrogen-bond donors (Lipinski definition) is 1. The molecule has 1 aromatic heterocycles. The maximum atomic E-state index is 4.62. The Hall–Kier alpha value is -1.36. The molecule has 0 spiro atoms. The summed E-state index contributed by atoms with van der Waals surface area (Å²) < 4.78 is 0. The Bertz CT molecular complexity index is 447. The minimum absolute atomic E-state index is 0.718. The van der Waals surface area contributed by atoms with Gasteiger partial charge in [-0.05, 0) is 32.7 Å². The largest absolute Gasteiger partial charge is 0.357 e. The van der Waals surface area contributed by atoms with E-state index in [0.29, 0.717) is 0 Å². The van der Waals surface area contributed by atoms with Crippen molar-refractivity contribution in [3.63, 3.8) is 0 Å². The second kappa shape index (κ2) is 5.33. The Labute approximate surface area is 115 Å². The summed E-state index contributed by atoms with van der Waals surface area (Å²) in [5.41, 5.74) is 1.03. The second-order valence-electron chi connectivity index (χ2n) is 5.57. The molecule has 3 heterocycles. The molecular weight excluding hydrogens is 238 g/mol. The van der Waals surface area contributed by atoms with Crippen LogP contribution in [0.2, 0.25) is 0 Å². The van der Waals surface area contributed by atoms with E-state index in [1.807, 2.05) is 14.0 Å². The van der Waals surface area contributed by atoms with Crippen LogP contribution in [-0.2, 0) is 0 Å². The Morgan fingerprint density at radius 3 is 2.89 bits per heavy atom. The zero-order chi connectivity index (χ0) is 13.2. The fourth-order valence-electron chi connectivity index (χ4n) is 3.24. The smallest absolute Gasteiger partial charge is 0.224 e. The van der Waals surface area contributed by atoms with Crippen LogP contribution in [0.1, 0.15) is 25.0 Å². The third-order valence-electron chi connectivity index (χ3n) is 4.19. The molecule has 5 nitrogen and oxygen atoms in total. The van der Waals surface area contributed by atoms with E-state index in [0.717, 1.165) is 36.6 Å². The Kier molecular flexibility index (Phi) is 3.55. The standard InChI is InChI=1S/C14H23N5/c1-11-9-13(17-14(15-2)16-11)19-8-4-7-18-6-3-5-12(18)10-19/h9,12H,3-8,10H2,1-2H3,(H,15,16,17). The van der Waals surface area contributed by atoms with Crippen molar-refractivity contribution in [2.24, 2.45) is 0 Å². The molecule has 1 N–H and O–H groups in total. The van der Waals surface area contributed by atoms with Gasteiger partial charge >= 0.3 is 0 Å². The second-order valence-corrected chi connectivity index (χ2v) is 5.57. The summed E-state index contributed by atoms with van der Waals surface area (Å²) >= 11 is 0. The molecule has 2 aliphatic heterocycles. The van der Waals surface area contributed by atoms with Gasteiger partial charge in [0.1, 0.15) is 5.82 Å². The van der Waals surface area contributed by atoms with Crippen LogP contribution in [0.3, 0.4) is 0 Å². The summed E-state index contributed by atoms with van der Waals surface area (Å²) in [7, 11) is 1.87. The van der Waals surface area contributed by atoms with E-state index in [1.54, 1.807) is 0 Å². The number of nitrogens with zero attached hydrogens (tertiary/aromatic N) is 4. The number of rotatable bonds is 2. The first-order valence-corrected chi connectivity index (χ1v) is 7.28. The van der Waals surface area contributed by atoms with Crippen LogP contribution < -0.4 is 10.2 Å². The minimum Gasteiger partial charge on any atom is -0.357 e. The quantitative estimate of drug-likeness (QED) is 0.874. The van der Waals surface area contributed by atoms with Gasteiger partial charge in [-0.15, -0.1) is 0 Å². The van der Waals surface area contributed by atoms with Gasteiger partial charge in [-0.1, -0.05) is 0 Å². The van der Waals surface area contributed by atoms with Crippen molar-refractivity contribution in [2.45, 2.75) is 32.2 Å². The molecule has 0 saturated carbocycles. The van der Waals surface area contributed by atoms with Crippen molar-refractivity contribution in [3.05, 3.63) is 11.8 Å². The van der Waals surface area contributed by atoms with Gasteiger partial charge in [-0.2, -0.15) is 4.98 Å². The molecule has 2 aliphatic rings. The lowest BCUT2D eigenvalue weighted by Gasteiger charge is -2.26. The molecule has 0 aliphatic carbocycles. The summed E-state index contributed by atoms with van der Waals surface area (Å²) in [5.74, 6) is 1.80. The zero-order valence-corrected chi connectivity index (χ0v) is 11.9. The fourth-order valence-corrected chi connectivity index (χ4v) is 3.24. The average Bonchev–Trinajstić information content (AvgIpc) is 2.75. The topological polar surface area (TPSA) is 44.3 Å². The molecule has 104 valence electrons. The van der Waals surface area contributed by atoms with Crippen molar-refractivity contribution in [3.8, 4) is 0 Å². The lowest BCUT2D eigenvalue weighted by atomic mass is 10.2. The first-order chi connectivity index (χ1) is 9.26. The van der Waals surface area contributed by atoms with E-state index in [9.17, 15) is 0 Å². The highest BCUT2D eigenvalue weighted by Crippen LogP contribution is 2.24. The van der Waals surface area contributed by atoms with E-state index in [4.69, 9.17) is 0 Å². The van der Waals surface area contributed by atoms with Crippen molar-refractivity contribution in [1.29, 1.82) is 0 Å². The Morgan fingerprint density at radius 1 is 1.21 bits per heavy atom. The highest BCUT2D eigenvalue weighted by molar-refractivity contribution is 5.45. The van der Waals surface area contributed by atoms with Gasteiger partial charge in [0.25, 0.3) is 0 Å². The third kappa shape index (κ3) is 2.66. The number of aromatic nitrogens is 2. The molecule has 3 rings (SSSR count). The molecule has 0 radical (unpaired) electrons. The zero-order valence-electron chi connectivity index (χ0n) is 11.9. The van der Waals surface area contributed by atoms with Crippen molar-refractivity contribution >= 4 is 11.8 Å². The van der Waals surface area contributed by atoms with E-state index in [1.165, 1.54) is 32.4 Å². The van der Waals surface area contributed by atoms with Crippen LogP contribution in [0.5, 0.6) is 0 Å². The fraction of sp³-hybridized carbons (Fsp3) is 0.714. The normalized spacial score (nSPS) is 24.1. The lowest BCUT2D eigenvalue weighted by molar-refractivity contribution is 0.273. The van der Waals surface area contributed by atoms with Gasteiger partial charge in [0.05, 0.1) is 0 Å². The molecule has 1 atom stereocenters. The average molecular weight is 261 g/mol. The molecule has 2 fully saturated rings. The number of hydrogen-bond acceptors (Lipinski definition) is 5. The highest BCUT2D eigenvalue weighted by Gasteiger charge is 2.29. The first kappa shape index (κ1) is 12.7. The predicted octanol–water partition coefficient (Wildman–Crippen LogP) is 1.50. The molecular formula is C14H23N5. The summed E-state index contributed by atoms with van der Waals surface area (Å²) in [4.78, 5) is 14.1. The number of anilines is 2. The van der Waals surface area contributed by atoms with E-state index < -0.39 is 0 Å². The monoisotopic (exact) mass is 261 g/mol. The summed E-state index contributed by atoms with van der Waals surface area (Å²) in [5, 5.41) is 3.05. The predicted molar refractivity (Wildman–Crippen MR) is 77.7 cm³/mol. The van der Waals surface area contributed by atoms with Gasteiger partial charge < -0.3 is 10.2 Å². The molecule has 1 aromatic rings. The van der Waals surface area contributed by atoms with Gasteiger partial charge in [-0.25, -0.2) is 4.98 Å². The maximum Gasteiger partial charge on any atom is 0.224 e. The molecule has 0 aromatic carbocycles. The lowest BCUT2D eigenvalue weighted by Crippen LogP contribution is -2.37. The number of nitrogens with one attached hydrogen (secondary N) is 1. The van der Waals surface area contributed by atoms with Gasteiger partial charge in [0, 0.05) is 44.5 Å². The van der Waals surface area contributed by atoms with E-state index in [2.05, 4.69) is 31.2 Å². The van der Waals surface area contributed by atoms with Crippen LogP contribution in [0.15, 0.2) is 6.07 Å². The minimum atomic E-state index is 0.718. The van der Waals surface area contributed by atoms with Crippen LogP contribution >= 0.6 is 0 Å². The van der Waals surface area contributed by atoms with Crippen LogP contribution in [0.4, 0.5) is 11.8 Å². The number of fused-ring (bicyclic) bond motifs is 1. The van der Waals surface area contributed by atoms with Gasteiger partial charge in [-0.3, -0.25) is 4.90 Å². The molecule has 1 unspecified atom stereocenters. The highest BCUT2D eigenvalue weighted by atomic mass is 15.3. The van der Waals surface area contributed by atoms with Crippen molar-refractivity contribution in [2.75, 3.05) is 43.4 Å². The van der Waals surface area contributed by atoms with Crippen LogP contribution in [0.25, 0.3) is 0 Å². The van der Waals surface area contributed by atoms with E-state index in [-0.39, 0.29) is 0 Å². The van der Waals surface area contributed by atoms with Gasteiger partial charge in [0.2, 0.25) is 5.95 Å². The van der Waals surface area contributed by atoms with Crippen LogP contribution in [-0.4, -0.2) is 54.1 Å². The summed E-state index contributed by atoms with van der Waals surface area (Å²) in [6.45, 7) is 6.77. The SMILES string of the molecule is CNc1nc(C)cc(N2CCCN3CCCC3C2)n1. The molecule has 19 heavy (non-hydrogen) atoms. The van der Waals surface area contributed by atoms with Crippen molar-refractivity contribution < 1.29 is 0 Å².